The maximum atomic E-state index is 14.3. The fourth-order valence-electron chi connectivity index (χ4n) is 5.32. The molecule has 0 aliphatic carbocycles. The highest BCUT2D eigenvalue weighted by atomic mass is 28.4. The average molecular weight is 514 g/mol. The van der Waals surface area contributed by atoms with Gasteiger partial charge in [-0.05, 0) is 40.6 Å². The maximum absolute atomic E-state index is 14.3. The molecule has 188 valence electrons. The van der Waals surface area contributed by atoms with Gasteiger partial charge in [-0.1, -0.05) is 118 Å². The number of benzene rings is 3. The molecule has 3 aromatic rings. The molecule has 3 aromatic carbocycles. The Kier molecular flexibility index (Phi) is 7.29. The number of nitrogens with zero attached hydrogens (tertiary/aromatic N) is 1. The van der Waals surface area contributed by atoms with Crippen LogP contribution in [-0.2, 0) is 9.22 Å². The fourth-order valence-corrected chi connectivity index (χ4v) is 11.8. The standard InChI is InChI=1S/C31H39NO2Si2/c1-8-28-29(24(2)34-35(6,7)31(3,4)5)30(33)32(28)36(25-18-12-9-13-19-25,26-20-14-10-15-21-26)27-22-16-11-17-23-27/h8-24,28-29H,1H2,2-7H3/t24-,28-,29-/m1/s1. The minimum Gasteiger partial charge on any atom is -0.413 e. The molecular formula is C31H39NO2Si2. The van der Waals surface area contributed by atoms with E-state index in [1.165, 1.54) is 15.6 Å². The molecule has 0 radical (unpaired) electrons. The van der Waals surface area contributed by atoms with E-state index >= 15 is 0 Å². The van der Waals surface area contributed by atoms with E-state index in [1.807, 2.05) is 24.3 Å². The lowest BCUT2D eigenvalue weighted by Gasteiger charge is -2.58. The molecule has 0 unspecified atom stereocenters. The van der Waals surface area contributed by atoms with Crippen LogP contribution in [-0.4, -0.2) is 39.2 Å². The van der Waals surface area contributed by atoms with E-state index in [9.17, 15) is 4.79 Å². The number of rotatable bonds is 8. The second kappa shape index (κ2) is 9.96. The Labute approximate surface area is 219 Å². The zero-order chi connectivity index (χ0) is 26.1. The molecule has 0 aromatic heterocycles. The van der Waals surface area contributed by atoms with Crippen LogP contribution in [0.4, 0.5) is 0 Å². The summed E-state index contributed by atoms with van der Waals surface area (Å²) < 4.78 is 8.92. The van der Waals surface area contributed by atoms with Gasteiger partial charge in [0.05, 0.1) is 18.1 Å². The SMILES string of the molecule is C=C[C@@H]1[C@@H]([C@@H](C)O[Si](C)(C)C(C)(C)C)C(=O)N1[Si](c1ccccc1)(c1ccccc1)c1ccccc1. The summed E-state index contributed by atoms with van der Waals surface area (Å²) in [6, 6.07) is 31.6. The van der Waals surface area contributed by atoms with Crippen molar-refractivity contribution in [3.8, 4) is 0 Å². The highest BCUT2D eigenvalue weighted by Gasteiger charge is 2.61. The first kappa shape index (κ1) is 26.3. The summed E-state index contributed by atoms with van der Waals surface area (Å²) in [5.41, 5.74) is 0. The van der Waals surface area contributed by atoms with Crippen LogP contribution in [0.3, 0.4) is 0 Å². The first-order valence-electron chi connectivity index (χ1n) is 12.9. The lowest BCUT2D eigenvalue weighted by atomic mass is 9.86. The molecule has 0 N–H and O–H groups in total. The summed E-state index contributed by atoms with van der Waals surface area (Å²) in [5, 5.41) is 3.66. The van der Waals surface area contributed by atoms with Crippen molar-refractivity contribution in [2.45, 2.75) is 58.0 Å². The Morgan fingerprint density at radius 2 is 1.22 bits per heavy atom. The van der Waals surface area contributed by atoms with Crippen molar-refractivity contribution >= 4 is 38.0 Å². The lowest BCUT2D eigenvalue weighted by molar-refractivity contribution is -0.150. The van der Waals surface area contributed by atoms with Gasteiger partial charge in [-0.15, -0.1) is 6.58 Å². The Morgan fingerprint density at radius 3 is 1.56 bits per heavy atom. The summed E-state index contributed by atoms with van der Waals surface area (Å²) in [7, 11) is -4.94. The largest absolute Gasteiger partial charge is 0.413 e. The molecule has 1 saturated heterocycles. The van der Waals surface area contributed by atoms with Crippen molar-refractivity contribution in [3.63, 3.8) is 0 Å². The molecule has 1 aliphatic rings. The van der Waals surface area contributed by atoms with Crippen LogP contribution in [0.1, 0.15) is 27.7 Å². The first-order valence-corrected chi connectivity index (χ1v) is 17.7. The minimum absolute atomic E-state index is 0.0774. The second-order valence-corrected chi connectivity index (χ2v) is 19.7. The zero-order valence-electron chi connectivity index (χ0n) is 22.4. The van der Waals surface area contributed by atoms with Crippen LogP contribution in [0.2, 0.25) is 18.1 Å². The van der Waals surface area contributed by atoms with Crippen molar-refractivity contribution in [1.82, 2.24) is 4.57 Å². The molecule has 36 heavy (non-hydrogen) atoms. The highest BCUT2D eigenvalue weighted by molar-refractivity contribution is 7.10. The molecule has 1 heterocycles. The summed E-state index contributed by atoms with van der Waals surface area (Å²) in [5.74, 6) is -0.0750. The van der Waals surface area contributed by atoms with E-state index in [1.54, 1.807) is 0 Å². The van der Waals surface area contributed by atoms with Gasteiger partial charge in [0.15, 0.2) is 8.32 Å². The third-order valence-electron chi connectivity index (χ3n) is 8.16. The van der Waals surface area contributed by atoms with Gasteiger partial charge in [0.1, 0.15) is 0 Å². The van der Waals surface area contributed by atoms with E-state index in [-0.39, 0.29) is 29.0 Å². The minimum atomic E-state index is -2.90. The van der Waals surface area contributed by atoms with Crippen LogP contribution in [0.25, 0.3) is 0 Å². The molecule has 3 nitrogen and oxygen atoms in total. The van der Waals surface area contributed by atoms with Crippen LogP contribution in [0, 0.1) is 5.92 Å². The van der Waals surface area contributed by atoms with Crippen LogP contribution in [0.5, 0.6) is 0 Å². The van der Waals surface area contributed by atoms with Crippen molar-refractivity contribution < 1.29 is 9.22 Å². The number of carbonyl (C=O) groups is 1. The topological polar surface area (TPSA) is 29.5 Å². The van der Waals surface area contributed by atoms with E-state index in [4.69, 9.17) is 4.43 Å². The quantitative estimate of drug-likeness (QED) is 0.182. The van der Waals surface area contributed by atoms with Gasteiger partial charge in [0.25, 0.3) is 8.24 Å². The van der Waals surface area contributed by atoms with Crippen LogP contribution in [0.15, 0.2) is 104 Å². The third kappa shape index (κ3) is 4.34. The molecule has 0 spiro atoms. The second-order valence-electron chi connectivity index (χ2n) is 11.4. The van der Waals surface area contributed by atoms with Gasteiger partial charge in [-0.2, -0.15) is 0 Å². The number of carbonyl (C=O) groups excluding carboxylic acids is 1. The molecule has 3 atom stereocenters. The summed E-state index contributed by atoms with van der Waals surface area (Å²) in [6.45, 7) is 17.5. The molecule has 4 rings (SSSR count). The smallest absolute Gasteiger partial charge is 0.255 e. The number of hydrogen-bond donors (Lipinski definition) is 0. The molecule has 5 heteroatoms. The Hall–Kier alpha value is -2.74. The maximum Gasteiger partial charge on any atom is 0.255 e. The molecule has 0 saturated carbocycles. The van der Waals surface area contributed by atoms with E-state index in [0.29, 0.717) is 0 Å². The highest BCUT2D eigenvalue weighted by Crippen LogP contribution is 2.42. The lowest BCUT2D eigenvalue weighted by Crippen LogP contribution is -2.86. The molecule has 1 aliphatic heterocycles. The van der Waals surface area contributed by atoms with Gasteiger partial charge in [-0.3, -0.25) is 4.79 Å². The predicted molar refractivity (Wildman–Crippen MR) is 156 cm³/mol. The molecule has 1 fully saturated rings. The number of hydrogen-bond acceptors (Lipinski definition) is 2. The zero-order valence-corrected chi connectivity index (χ0v) is 24.4. The van der Waals surface area contributed by atoms with Gasteiger partial charge in [-0.25, -0.2) is 0 Å². The Bertz CT molecular complexity index is 1090. The third-order valence-corrected chi connectivity index (χ3v) is 17.5. The summed E-state index contributed by atoms with van der Waals surface area (Å²) >= 11 is 0. The van der Waals surface area contributed by atoms with Gasteiger partial charge < -0.3 is 8.99 Å². The van der Waals surface area contributed by atoms with E-state index in [0.717, 1.165) is 0 Å². The summed E-state index contributed by atoms with van der Waals surface area (Å²) in [6.07, 6.45) is 1.79. The predicted octanol–water partition coefficient (Wildman–Crippen LogP) is 5.08. The number of β-lactam (4-membered cyclic amide) rings is 1. The first-order chi connectivity index (χ1) is 17.1. The molecule has 0 bridgehead atoms. The van der Waals surface area contributed by atoms with Crippen molar-refractivity contribution in [1.29, 1.82) is 0 Å². The van der Waals surface area contributed by atoms with E-state index in [2.05, 4.69) is 125 Å². The van der Waals surface area contributed by atoms with E-state index < -0.39 is 16.6 Å². The number of amides is 1. The van der Waals surface area contributed by atoms with Gasteiger partial charge >= 0.3 is 0 Å². The van der Waals surface area contributed by atoms with Crippen molar-refractivity contribution in [3.05, 3.63) is 104 Å². The van der Waals surface area contributed by atoms with Gasteiger partial charge in [0, 0.05) is 0 Å². The average Bonchev–Trinajstić information content (AvgIpc) is 2.86. The van der Waals surface area contributed by atoms with Gasteiger partial charge in [0.2, 0.25) is 5.91 Å². The van der Waals surface area contributed by atoms with Crippen molar-refractivity contribution in [2.75, 3.05) is 0 Å². The molecule has 1 amide bonds. The van der Waals surface area contributed by atoms with Crippen LogP contribution < -0.4 is 15.6 Å². The van der Waals surface area contributed by atoms with Crippen molar-refractivity contribution in [2.24, 2.45) is 5.92 Å². The Balaban J connectivity index is 1.87. The monoisotopic (exact) mass is 513 g/mol. The normalized spacial score (nSPS) is 19.5. The Morgan fingerprint density at radius 1 is 0.833 bits per heavy atom. The summed E-state index contributed by atoms with van der Waals surface area (Å²) in [4.78, 5) is 14.3. The fraction of sp³-hybridized carbons (Fsp3) is 0.323. The molecular weight excluding hydrogens is 475 g/mol. The van der Waals surface area contributed by atoms with Crippen LogP contribution >= 0.6 is 0 Å².